The van der Waals surface area contributed by atoms with E-state index in [1.54, 1.807) is 20.8 Å². The summed E-state index contributed by atoms with van der Waals surface area (Å²) in [5.74, 6) is -3.71. The molecular weight excluding hydrogens is 434 g/mol. The number of unbranched alkanes of at least 4 members (excludes halogenated alkanes) is 1. The summed E-state index contributed by atoms with van der Waals surface area (Å²) in [4.78, 5) is 47.1. The minimum absolute atomic E-state index is 0.0263. The zero-order chi connectivity index (χ0) is 25.0. The maximum atomic E-state index is 11.9. The maximum Gasteiger partial charge on any atom is 0.508 e. The van der Waals surface area contributed by atoms with Gasteiger partial charge in [-0.15, -0.1) is 0 Å². The van der Waals surface area contributed by atoms with Crippen molar-refractivity contribution in [2.75, 3.05) is 13.2 Å². The summed E-state index contributed by atoms with van der Waals surface area (Å²) < 4.78 is 20.6. The second kappa shape index (κ2) is 14.1. The van der Waals surface area contributed by atoms with Crippen LogP contribution in [-0.4, -0.2) is 48.4 Å². The molecule has 10 heteroatoms. The topological polar surface area (TPSA) is 151 Å². The molecule has 0 saturated carbocycles. The first-order valence-corrected chi connectivity index (χ1v) is 11.0. The fourth-order valence-corrected chi connectivity index (χ4v) is 2.97. The third-order valence-electron chi connectivity index (χ3n) is 4.84. The first-order valence-electron chi connectivity index (χ1n) is 11.0. The van der Waals surface area contributed by atoms with Crippen LogP contribution in [-0.2, 0) is 23.9 Å². The van der Waals surface area contributed by atoms with Crippen LogP contribution in [0.2, 0.25) is 0 Å². The Balaban J connectivity index is 3.20. The van der Waals surface area contributed by atoms with Crippen LogP contribution in [0, 0.1) is 5.92 Å². The van der Waals surface area contributed by atoms with E-state index in [4.69, 9.17) is 24.7 Å². The molecule has 1 rings (SSSR count). The Morgan fingerprint density at radius 1 is 0.970 bits per heavy atom. The Labute approximate surface area is 193 Å². The number of carboxylic acids is 1. The van der Waals surface area contributed by atoms with Gasteiger partial charge in [0.05, 0.1) is 13.2 Å². The number of ether oxygens (including phenoxy) is 4. The molecule has 0 aliphatic heterocycles. The standard InChI is InChI=1S/C23H33NO9/c1-5-8-11-30-23(29)31-13-14(4)20(21(24)22(27)28)15-9-10-16(32-18(25)6-2)17(12-15)33-19(26)7-3/h9-10,12,14,20-21H,5-8,11,13,24H2,1-4H3,(H,27,28)/t14?,20?,21-/m0/s1. The number of benzene rings is 1. The summed E-state index contributed by atoms with van der Waals surface area (Å²) in [6.45, 7) is 6.93. The van der Waals surface area contributed by atoms with E-state index in [0.29, 0.717) is 12.0 Å². The summed E-state index contributed by atoms with van der Waals surface area (Å²) in [5.41, 5.74) is 6.36. The van der Waals surface area contributed by atoms with E-state index >= 15 is 0 Å². The summed E-state index contributed by atoms with van der Waals surface area (Å²) in [6, 6.07) is 3.01. The number of nitrogens with two attached hydrogens (primary N) is 1. The van der Waals surface area contributed by atoms with Gasteiger partial charge in [-0.1, -0.05) is 40.2 Å². The zero-order valence-corrected chi connectivity index (χ0v) is 19.5. The monoisotopic (exact) mass is 467 g/mol. The van der Waals surface area contributed by atoms with Gasteiger partial charge in [0.15, 0.2) is 11.5 Å². The molecule has 33 heavy (non-hydrogen) atoms. The van der Waals surface area contributed by atoms with Crippen LogP contribution < -0.4 is 15.2 Å². The molecule has 0 aromatic heterocycles. The number of esters is 2. The molecule has 0 saturated heterocycles. The van der Waals surface area contributed by atoms with E-state index in [1.165, 1.54) is 18.2 Å². The lowest BCUT2D eigenvalue weighted by molar-refractivity contribution is -0.139. The highest BCUT2D eigenvalue weighted by molar-refractivity contribution is 5.77. The van der Waals surface area contributed by atoms with Crippen LogP contribution in [0.25, 0.3) is 0 Å². The summed E-state index contributed by atoms with van der Waals surface area (Å²) >= 11 is 0. The Hall–Kier alpha value is -3.14. The molecule has 2 unspecified atom stereocenters. The van der Waals surface area contributed by atoms with Crippen molar-refractivity contribution in [1.82, 2.24) is 0 Å². The molecular formula is C23H33NO9. The normalized spacial score (nSPS) is 13.4. The minimum atomic E-state index is -1.35. The molecule has 0 heterocycles. The van der Waals surface area contributed by atoms with Crippen LogP contribution in [0.4, 0.5) is 4.79 Å². The zero-order valence-electron chi connectivity index (χ0n) is 19.5. The molecule has 3 atom stereocenters. The number of rotatable bonds is 13. The second-order valence-electron chi connectivity index (χ2n) is 7.49. The average Bonchev–Trinajstić information content (AvgIpc) is 2.79. The Morgan fingerprint density at radius 3 is 2.12 bits per heavy atom. The summed E-state index contributed by atoms with van der Waals surface area (Å²) in [6.07, 6.45) is 0.891. The van der Waals surface area contributed by atoms with Crippen molar-refractivity contribution in [2.24, 2.45) is 11.7 Å². The van der Waals surface area contributed by atoms with Gasteiger partial charge < -0.3 is 29.8 Å². The van der Waals surface area contributed by atoms with Crippen molar-refractivity contribution in [3.63, 3.8) is 0 Å². The SMILES string of the molecule is CCCCOC(=O)OCC(C)C(c1ccc(OC(=O)CC)c(OC(=O)CC)c1)[C@H](N)C(=O)O. The molecule has 0 amide bonds. The van der Waals surface area contributed by atoms with E-state index in [2.05, 4.69) is 0 Å². The van der Waals surface area contributed by atoms with Crippen LogP contribution in [0.15, 0.2) is 18.2 Å². The molecule has 0 aliphatic carbocycles. The Kier molecular flexibility index (Phi) is 11.9. The first-order chi connectivity index (χ1) is 15.6. The van der Waals surface area contributed by atoms with Crippen molar-refractivity contribution in [3.05, 3.63) is 23.8 Å². The van der Waals surface area contributed by atoms with Crippen molar-refractivity contribution < 1.29 is 43.2 Å². The van der Waals surface area contributed by atoms with Gasteiger partial charge in [0.1, 0.15) is 6.04 Å². The fraction of sp³-hybridized carbons (Fsp3) is 0.565. The highest BCUT2D eigenvalue weighted by Gasteiger charge is 2.32. The van der Waals surface area contributed by atoms with Crippen LogP contribution in [0.5, 0.6) is 11.5 Å². The lowest BCUT2D eigenvalue weighted by Gasteiger charge is -2.28. The van der Waals surface area contributed by atoms with Gasteiger partial charge in [-0.3, -0.25) is 14.4 Å². The highest BCUT2D eigenvalue weighted by atomic mass is 16.7. The largest absolute Gasteiger partial charge is 0.508 e. The molecule has 0 fully saturated rings. The molecule has 10 nitrogen and oxygen atoms in total. The van der Waals surface area contributed by atoms with Gasteiger partial charge in [-0.05, 0) is 30.0 Å². The van der Waals surface area contributed by atoms with Crippen molar-refractivity contribution >= 4 is 24.1 Å². The minimum Gasteiger partial charge on any atom is -0.480 e. The number of aliphatic carboxylic acids is 1. The third kappa shape index (κ3) is 9.09. The number of carbonyl (C=O) groups excluding carboxylic acids is 3. The molecule has 1 aromatic carbocycles. The quantitative estimate of drug-likeness (QED) is 0.251. The highest BCUT2D eigenvalue weighted by Crippen LogP contribution is 2.36. The van der Waals surface area contributed by atoms with E-state index in [0.717, 1.165) is 6.42 Å². The van der Waals surface area contributed by atoms with Crippen LogP contribution >= 0.6 is 0 Å². The predicted octanol–water partition coefficient (Wildman–Crippen LogP) is 3.40. The molecule has 0 bridgehead atoms. The van der Waals surface area contributed by atoms with Gasteiger partial charge in [0.25, 0.3) is 0 Å². The second-order valence-corrected chi connectivity index (χ2v) is 7.49. The van der Waals surface area contributed by atoms with Crippen LogP contribution in [0.3, 0.4) is 0 Å². The van der Waals surface area contributed by atoms with Gasteiger partial charge in [-0.25, -0.2) is 4.79 Å². The molecule has 0 radical (unpaired) electrons. The molecule has 0 spiro atoms. The van der Waals surface area contributed by atoms with Crippen molar-refractivity contribution in [3.8, 4) is 11.5 Å². The average molecular weight is 468 g/mol. The third-order valence-corrected chi connectivity index (χ3v) is 4.84. The van der Waals surface area contributed by atoms with Gasteiger partial charge in [0.2, 0.25) is 0 Å². The summed E-state index contributed by atoms with van der Waals surface area (Å²) in [7, 11) is 0. The lowest BCUT2D eigenvalue weighted by Crippen LogP contribution is -2.40. The first kappa shape index (κ1) is 27.9. The Morgan fingerprint density at radius 2 is 1.58 bits per heavy atom. The molecule has 184 valence electrons. The smallest absolute Gasteiger partial charge is 0.480 e. The molecule has 3 N–H and O–H groups in total. The van der Waals surface area contributed by atoms with E-state index in [-0.39, 0.29) is 37.6 Å². The molecule has 1 aromatic rings. The maximum absolute atomic E-state index is 11.9. The van der Waals surface area contributed by atoms with Crippen molar-refractivity contribution in [2.45, 2.75) is 65.3 Å². The number of carbonyl (C=O) groups is 4. The van der Waals surface area contributed by atoms with Crippen molar-refractivity contribution in [1.29, 1.82) is 0 Å². The van der Waals surface area contributed by atoms with Gasteiger partial charge in [0, 0.05) is 18.8 Å². The predicted molar refractivity (Wildman–Crippen MR) is 118 cm³/mol. The van der Waals surface area contributed by atoms with E-state index < -0.39 is 41.9 Å². The lowest BCUT2D eigenvalue weighted by atomic mass is 9.82. The fourth-order valence-electron chi connectivity index (χ4n) is 2.97. The van der Waals surface area contributed by atoms with Gasteiger partial charge >= 0.3 is 24.1 Å². The number of hydrogen-bond donors (Lipinski definition) is 2. The Bertz CT molecular complexity index is 824. The molecule has 0 aliphatic rings. The summed E-state index contributed by atoms with van der Waals surface area (Å²) in [5, 5.41) is 9.53. The van der Waals surface area contributed by atoms with Crippen LogP contribution in [0.1, 0.15) is 64.9 Å². The van der Waals surface area contributed by atoms with E-state index in [9.17, 15) is 24.3 Å². The number of hydrogen-bond acceptors (Lipinski definition) is 9. The van der Waals surface area contributed by atoms with E-state index in [1.807, 2.05) is 6.92 Å². The van der Waals surface area contributed by atoms with Gasteiger partial charge in [-0.2, -0.15) is 0 Å². The number of carboxylic acid groups (broad SMARTS) is 1.